The Bertz CT molecular complexity index is 738. The van der Waals surface area contributed by atoms with E-state index >= 15 is 0 Å². The van der Waals surface area contributed by atoms with Crippen molar-refractivity contribution in [3.05, 3.63) is 71.8 Å². The molecule has 3 aromatic rings. The molecular weight excluding hydrogens is 309 g/mol. The summed E-state index contributed by atoms with van der Waals surface area (Å²) in [7, 11) is 2.61. The fourth-order valence-electron chi connectivity index (χ4n) is 2.39. The van der Waals surface area contributed by atoms with Gasteiger partial charge in [0.2, 0.25) is 11.8 Å². The lowest BCUT2D eigenvalue weighted by atomic mass is 9.93. The molecule has 120 valence electrons. The van der Waals surface area contributed by atoms with Crippen LogP contribution in [0.4, 0.5) is 0 Å². The number of furan rings is 1. The van der Waals surface area contributed by atoms with Crippen LogP contribution in [0.2, 0.25) is 0 Å². The van der Waals surface area contributed by atoms with Crippen molar-refractivity contribution in [3.63, 3.8) is 0 Å². The average molecular weight is 329 g/mol. The molecule has 2 N–H and O–H groups in total. The Labute approximate surface area is 137 Å². The fourth-order valence-corrected chi connectivity index (χ4v) is 2.56. The maximum Gasteiger partial charge on any atom is 0.236 e. The van der Waals surface area contributed by atoms with Gasteiger partial charge in [-0.1, -0.05) is 30.3 Å². The SMILES string of the molecule is C[C@@](N)(CP)c1nnc(CC(c2ccccc2)c2ccco2)o1. The highest BCUT2D eigenvalue weighted by molar-refractivity contribution is 7.16. The van der Waals surface area contributed by atoms with Gasteiger partial charge >= 0.3 is 0 Å². The minimum atomic E-state index is -0.636. The summed E-state index contributed by atoms with van der Waals surface area (Å²) >= 11 is 0. The molecule has 1 aromatic carbocycles. The van der Waals surface area contributed by atoms with E-state index < -0.39 is 5.54 Å². The molecule has 5 nitrogen and oxygen atoms in total. The van der Waals surface area contributed by atoms with E-state index in [0.717, 1.165) is 11.3 Å². The molecule has 0 saturated carbocycles. The Balaban J connectivity index is 1.88. The van der Waals surface area contributed by atoms with Gasteiger partial charge in [-0.2, -0.15) is 0 Å². The Morgan fingerprint density at radius 1 is 1.17 bits per heavy atom. The number of hydrogen-bond donors (Lipinski definition) is 1. The molecule has 0 radical (unpaired) electrons. The van der Waals surface area contributed by atoms with Crippen molar-refractivity contribution in [2.24, 2.45) is 5.73 Å². The molecule has 23 heavy (non-hydrogen) atoms. The molecule has 6 heteroatoms. The van der Waals surface area contributed by atoms with E-state index in [-0.39, 0.29) is 5.92 Å². The molecule has 0 aliphatic rings. The molecule has 0 amide bonds. The van der Waals surface area contributed by atoms with Gasteiger partial charge in [-0.3, -0.25) is 0 Å². The first-order valence-electron chi connectivity index (χ1n) is 7.50. The van der Waals surface area contributed by atoms with Crippen LogP contribution in [0.1, 0.15) is 35.9 Å². The minimum absolute atomic E-state index is 0.0273. The maximum atomic E-state index is 6.15. The standard InChI is InChI=1S/C17H20N3O2P/c1-17(18,11-23)16-20-19-15(22-16)10-13(14-8-5-9-21-14)12-6-3-2-4-7-12/h2-9,13H,10-11,18,23H2,1H3/t13?,17-/m1/s1. The first-order chi connectivity index (χ1) is 11.1. The Morgan fingerprint density at radius 3 is 2.61 bits per heavy atom. The summed E-state index contributed by atoms with van der Waals surface area (Å²) in [5, 5.41) is 8.26. The van der Waals surface area contributed by atoms with Crippen LogP contribution in [0.5, 0.6) is 0 Å². The number of benzene rings is 1. The van der Waals surface area contributed by atoms with Crippen LogP contribution in [0.25, 0.3) is 0 Å². The predicted octanol–water partition coefficient (Wildman–Crippen LogP) is 3.09. The van der Waals surface area contributed by atoms with Crippen LogP contribution < -0.4 is 5.73 Å². The summed E-state index contributed by atoms with van der Waals surface area (Å²) < 4.78 is 11.4. The predicted molar refractivity (Wildman–Crippen MR) is 91.1 cm³/mol. The number of hydrogen-bond acceptors (Lipinski definition) is 5. The number of aromatic nitrogens is 2. The van der Waals surface area contributed by atoms with Gasteiger partial charge in [0.1, 0.15) is 5.76 Å². The van der Waals surface area contributed by atoms with Gasteiger partial charge in [0.25, 0.3) is 0 Å². The second-order valence-electron chi connectivity index (χ2n) is 5.81. The molecule has 2 heterocycles. The summed E-state index contributed by atoms with van der Waals surface area (Å²) in [6, 6.07) is 14.0. The van der Waals surface area contributed by atoms with Crippen molar-refractivity contribution in [3.8, 4) is 0 Å². The van der Waals surface area contributed by atoms with Gasteiger partial charge in [0, 0.05) is 6.42 Å². The summed E-state index contributed by atoms with van der Waals surface area (Å²) in [6.07, 6.45) is 2.89. The molecule has 0 fully saturated rings. The largest absolute Gasteiger partial charge is 0.469 e. The van der Waals surface area contributed by atoms with E-state index in [9.17, 15) is 0 Å². The van der Waals surface area contributed by atoms with Gasteiger partial charge in [-0.25, -0.2) is 0 Å². The van der Waals surface area contributed by atoms with Gasteiger partial charge in [-0.05, 0) is 30.8 Å². The quantitative estimate of drug-likeness (QED) is 0.703. The van der Waals surface area contributed by atoms with Crippen LogP contribution in [0, 0.1) is 0 Å². The molecule has 0 saturated heterocycles. The molecule has 0 spiro atoms. The topological polar surface area (TPSA) is 78.1 Å². The first kappa shape index (κ1) is 15.9. The molecule has 2 aromatic heterocycles. The molecule has 0 aliphatic heterocycles. The van der Waals surface area contributed by atoms with E-state index in [4.69, 9.17) is 14.6 Å². The molecular formula is C17H20N3O2P. The second kappa shape index (κ2) is 6.65. The summed E-state index contributed by atoms with van der Waals surface area (Å²) in [6.45, 7) is 1.87. The summed E-state index contributed by atoms with van der Waals surface area (Å²) in [5.74, 6) is 1.91. The molecule has 0 aliphatic carbocycles. The van der Waals surface area contributed by atoms with Crippen LogP contribution in [0.3, 0.4) is 0 Å². The maximum absolute atomic E-state index is 6.15. The number of rotatable bonds is 6. The first-order valence-corrected chi connectivity index (χ1v) is 8.32. The van der Waals surface area contributed by atoms with Crippen molar-refractivity contribution in [2.45, 2.75) is 24.8 Å². The zero-order chi connectivity index (χ0) is 16.3. The lowest BCUT2D eigenvalue weighted by Gasteiger charge is -2.17. The Morgan fingerprint density at radius 2 is 1.96 bits per heavy atom. The second-order valence-corrected chi connectivity index (χ2v) is 6.21. The van der Waals surface area contributed by atoms with E-state index in [1.807, 2.05) is 37.3 Å². The summed E-state index contributed by atoms with van der Waals surface area (Å²) in [5.41, 5.74) is 6.66. The Hall–Kier alpha value is -1.97. The average Bonchev–Trinajstić information content (AvgIpc) is 3.25. The third-order valence-corrected chi connectivity index (χ3v) is 4.69. The monoisotopic (exact) mass is 329 g/mol. The lowest BCUT2D eigenvalue weighted by molar-refractivity contribution is 0.357. The smallest absolute Gasteiger partial charge is 0.236 e. The van der Waals surface area contributed by atoms with Gasteiger partial charge in [0.15, 0.2) is 0 Å². The lowest BCUT2D eigenvalue weighted by Crippen LogP contribution is -2.35. The highest BCUT2D eigenvalue weighted by atomic mass is 31.0. The van der Waals surface area contributed by atoms with Crippen molar-refractivity contribution in [2.75, 3.05) is 6.16 Å². The molecule has 3 rings (SSSR count). The van der Waals surface area contributed by atoms with Crippen LogP contribution >= 0.6 is 9.24 Å². The van der Waals surface area contributed by atoms with Gasteiger partial charge in [0.05, 0.1) is 17.7 Å². The van der Waals surface area contributed by atoms with Crippen LogP contribution in [-0.2, 0) is 12.0 Å². The Kier molecular flexibility index (Phi) is 4.60. The van der Waals surface area contributed by atoms with E-state index in [1.165, 1.54) is 0 Å². The van der Waals surface area contributed by atoms with Crippen molar-refractivity contribution in [1.29, 1.82) is 0 Å². The molecule has 0 bridgehead atoms. The zero-order valence-electron chi connectivity index (χ0n) is 13.0. The third kappa shape index (κ3) is 3.52. The van der Waals surface area contributed by atoms with Crippen molar-refractivity contribution >= 4 is 9.24 Å². The minimum Gasteiger partial charge on any atom is -0.469 e. The summed E-state index contributed by atoms with van der Waals surface area (Å²) in [4.78, 5) is 0. The van der Waals surface area contributed by atoms with E-state index in [2.05, 4.69) is 31.6 Å². The van der Waals surface area contributed by atoms with E-state index in [0.29, 0.717) is 24.4 Å². The normalized spacial score (nSPS) is 15.3. The van der Waals surface area contributed by atoms with Crippen molar-refractivity contribution in [1.82, 2.24) is 10.2 Å². The third-order valence-electron chi connectivity index (χ3n) is 3.85. The zero-order valence-corrected chi connectivity index (χ0v) is 14.1. The van der Waals surface area contributed by atoms with Crippen LogP contribution in [0.15, 0.2) is 57.6 Å². The highest BCUT2D eigenvalue weighted by Crippen LogP contribution is 2.29. The highest BCUT2D eigenvalue weighted by Gasteiger charge is 2.27. The molecule has 2 unspecified atom stereocenters. The van der Waals surface area contributed by atoms with Gasteiger partial charge in [-0.15, -0.1) is 19.4 Å². The number of nitrogens with zero attached hydrogens (tertiary/aromatic N) is 2. The fraction of sp³-hybridized carbons (Fsp3) is 0.294. The number of nitrogens with two attached hydrogens (primary N) is 1. The van der Waals surface area contributed by atoms with E-state index in [1.54, 1.807) is 6.26 Å². The molecule has 3 atom stereocenters. The van der Waals surface area contributed by atoms with Crippen LogP contribution in [-0.4, -0.2) is 16.4 Å². The van der Waals surface area contributed by atoms with Gasteiger partial charge < -0.3 is 14.6 Å². The van der Waals surface area contributed by atoms with Crippen molar-refractivity contribution < 1.29 is 8.83 Å².